The summed E-state index contributed by atoms with van der Waals surface area (Å²) in [4.78, 5) is 27.3. The van der Waals surface area contributed by atoms with Crippen molar-refractivity contribution in [3.8, 4) is 0 Å². The molecule has 5 nitrogen and oxygen atoms in total. The van der Waals surface area contributed by atoms with Crippen LogP contribution >= 0.6 is 11.6 Å². The van der Waals surface area contributed by atoms with E-state index in [1.807, 2.05) is 0 Å². The molecule has 2 aromatic carbocycles. The van der Waals surface area contributed by atoms with Crippen molar-refractivity contribution in [3.63, 3.8) is 0 Å². The summed E-state index contributed by atoms with van der Waals surface area (Å²) in [5.74, 6) is -3.74. The highest BCUT2D eigenvalue weighted by atomic mass is 35.5. The van der Waals surface area contributed by atoms with Crippen molar-refractivity contribution in [2.24, 2.45) is 4.99 Å². The van der Waals surface area contributed by atoms with Crippen molar-refractivity contribution in [1.29, 1.82) is 0 Å². The van der Waals surface area contributed by atoms with Gasteiger partial charge >= 0.3 is 11.9 Å². The van der Waals surface area contributed by atoms with Crippen molar-refractivity contribution in [3.05, 3.63) is 75.4 Å². The highest BCUT2D eigenvalue weighted by Gasteiger charge is 2.26. The number of hydrogen-bond donors (Lipinski definition) is 0. The molecule has 0 radical (unpaired) electrons. The van der Waals surface area contributed by atoms with Gasteiger partial charge in [-0.25, -0.2) is 23.4 Å². The Morgan fingerprint density at radius 2 is 1.85 bits per heavy atom. The van der Waals surface area contributed by atoms with Crippen molar-refractivity contribution in [1.82, 2.24) is 0 Å². The summed E-state index contributed by atoms with van der Waals surface area (Å²) >= 11 is 5.86. The molecule has 1 heterocycles. The van der Waals surface area contributed by atoms with E-state index < -0.39 is 23.6 Å². The van der Waals surface area contributed by atoms with E-state index in [0.29, 0.717) is 11.1 Å². The van der Waals surface area contributed by atoms with Crippen molar-refractivity contribution in [2.45, 2.75) is 0 Å². The predicted octanol–water partition coefficient (Wildman–Crippen LogP) is 3.75. The minimum absolute atomic E-state index is 0.0386. The van der Waals surface area contributed by atoms with E-state index in [0.717, 1.165) is 12.1 Å². The highest BCUT2D eigenvalue weighted by Crippen LogP contribution is 2.26. The Bertz CT molecular complexity index is 968. The molecule has 0 bridgehead atoms. The van der Waals surface area contributed by atoms with Crippen molar-refractivity contribution >= 4 is 35.5 Å². The second-order valence-electron chi connectivity index (χ2n) is 5.20. The van der Waals surface area contributed by atoms with E-state index in [9.17, 15) is 18.4 Å². The summed E-state index contributed by atoms with van der Waals surface area (Å²) in [5, 5.41) is -0.140. The Hall–Kier alpha value is -3.06. The Morgan fingerprint density at radius 1 is 1.19 bits per heavy atom. The summed E-state index contributed by atoms with van der Waals surface area (Å²) in [5.41, 5.74) is 0.836. The second kappa shape index (κ2) is 7.05. The maximum Gasteiger partial charge on any atom is 0.363 e. The zero-order valence-corrected chi connectivity index (χ0v) is 14.0. The van der Waals surface area contributed by atoms with Gasteiger partial charge in [0.1, 0.15) is 0 Å². The van der Waals surface area contributed by atoms with E-state index in [4.69, 9.17) is 16.3 Å². The first kappa shape index (κ1) is 17.8. The zero-order valence-electron chi connectivity index (χ0n) is 13.3. The van der Waals surface area contributed by atoms with Gasteiger partial charge in [0.15, 0.2) is 17.3 Å². The number of carbonyl (C=O) groups is 2. The molecule has 0 amide bonds. The van der Waals surface area contributed by atoms with Gasteiger partial charge in [-0.2, -0.15) is 0 Å². The molecular formula is C18H10ClF2NO4. The van der Waals surface area contributed by atoms with Crippen LogP contribution in [0.3, 0.4) is 0 Å². The average Bonchev–Trinajstić information content (AvgIpc) is 2.98. The lowest BCUT2D eigenvalue weighted by atomic mass is 10.1. The maximum atomic E-state index is 13.4. The molecule has 2 aromatic rings. The summed E-state index contributed by atoms with van der Waals surface area (Å²) in [6, 6.07) is 7.80. The van der Waals surface area contributed by atoms with Gasteiger partial charge in [-0.1, -0.05) is 23.7 Å². The number of halogens is 3. The van der Waals surface area contributed by atoms with Crippen LogP contribution in [0.2, 0.25) is 5.02 Å². The number of esters is 2. The maximum absolute atomic E-state index is 13.4. The summed E-state index contributed by atoms with van der Waals surface area (Å²) < 4.78 is 36.1. The molecule has 0 saturated heterocycles. The lowest BCUT2D eigenvalue weighted by molar-refractivity contribution is -0.129. The number of hydrogen-bond acceptors (Lipinski definition) is 5. The van der Waals surface area contributed by atoms with Crippen LogP contribution in [0.1, 0.15) is 21.5 Å². The molecule has 0 aliphatic carbocycles. The fourth-order valence-electron chi connectivity index (χ4n) is 2.20. The molecule has 0 aromatic heterocycles. The van der Waals surface area contributed by atoms with Gasteiger partial charge < -0.3 is 9.47 Å². The van der Waals surface area contributed by atoms with Gasteiger partial charge in [-0.05, 0) is 35.9 Å². The second-order valence-corrected chi connectivity index (χ2v) is 5.60. The van der Waals surface area contributed by atoms with Gasteiger partial charge in [0, 0.05) is 0 Å². The number of aliphatic imine (C=N–C) groups is 1. The average molecular weight is 378 g/mol. The first-order chi connectivity index (χ1) is 12.4. The molecule has 0 saturated carbocycles. The normalized spacial score (nSPS) is 15.0. The molecule has 3 rings (SSSR count). The van der Waals surface area contributed by atoms with Gasteiger partial charge in [0.2, 0.25) is 5.90 Å². The third-order valence-corrected chi connectivity index (χ3v) is 3.81. The van der Waals surface area contributed by atoms with Crippen LogP contribution in [0.15, 0.2) is 47.1 Å². The van der Waals surface area contributed by atoms with E-state index in [1.54, 1.807) is 12.1 Å². The van der Waals surface area contributed by atoms with E-state index >= 15 is 0 Å². The molecule has 1 aliphatic rings. The number of ether oxygens (including phenoxy) is 2. The van der Waals surface area contributed by atoms with E-state index in [1.165, 1.54) is 25.3 Å². The number of rotatable bonds is 3. The minimum atomic E-state index is -1.14. The Balaban J connectivity index is 1.92. The number of methoxy groups -OCH3 is 1. The topological polar surface area (TPSA) is 65.0 Å². The van der Waals surface area contributed by atoms with Gasteiger partial charge in [0.05, 0.1) is 23.3 Å². The Kier molecular flexibility index (Phi) is 4.81. The quantitative estimate of drug-likeness (QED) is 0.464. The van der Waals surface area contributed by atoms with Crippen LogP contribution in [0.25, 0.3) is 6.08 Å². The van der Waals surface area contributed by atoms with Crippen LogP contribution in [0.4, 0.5) is 8.78 Å². The van der Waals surface area contributed by atoms with Crippen molar-refractivity contribution in [2.75, 3.05) is 7.11 Å². The van der Waals surface area contributed by atoms with Crippen LogP contribution in [-0.4, -0.2) is 24.9 Å². The molecule has 0 N–H and O–H groups in total. The predicted molar refractivity (Wildman–Crippen MR) is 89.8 cm³/mol. The Morgan fingerprint density at radius 3 is 2.50 bits per heavy atom. The van der Waals surface area contributed by atoms with Crippen LogP contribution < -0.4 is 0 Å². The third-order valence-electron chi connectivity index (χ3n) is 3.50. The molecule has 26 heavy (non-hydrogen) atoms. The minimum Gasteiger partial charge on any atom is -0.465 e. The number of cyclic esters (lactones) is 1. The lowest BCUT2D eigenvalue weighted by Crippen LogP contribution is -2.07. The van der Waals surface area contributed by atoms with Gasteiger partial charge in [-0.15, -0.1) is 0 Å². The molecule has 0 fully saturated rings. The van der Waals surface area contributed by atoms with Crippen molar-refractivity contribution < 1.29 is 27.8 Å². The first-order valence-electron chi connectivity index (χ1n) is 7.25. The van der Waals surface area contributed by atoms with Gasteiger partial charge in [0.25, 0.3) is 0 Å². The van der Waals surface area contributed by atoms with Crippen LogP contribution in [0, 0.1) is 11.6 Å². The number of carbonyl (C=O) groups excluding carboxylic acids is 2. The van der Waals surface area contributed by atoms with Crippen LogP contribution in [-0.2, 0) is 14.3 Å². The monoisotopic (exact) mass is 377 g/mol. The Labute approximate surface area is 151 Å². The highest BCUT2D eigenvalue weighted by molar-refractivity contribution is 6.34. The lowest BCUT2D eigenvalue weighted by Gasteiger charge is -2.03. The fourth-order valence-corrected chi connectivity index (χ4v) is 2.43. The first-order valence-corrected chi connectivity index (χ1v) is 7.62. The number of benzene rings is 2. The summed E-state index contributed by atoms with van der Waals surface area (Å²) in [6.07, 6.45) is 1.42. The standard InChI is InChI=1S/C18H10ClF2NO4/c1-25-17(23)10-4-2-9(3-5-10)6-15-18(24)26-16(22-15)11-7-13(20)14(21)8-12(11)19/h2-8H,1H3/b15-6-. The van der Waals surface area contributed by atoms with Crippen LogP contribution in [0.5, 0.6) is 0 Å². The SMILES string of the molecule is COC(=O)c1ccc(/C=C2\N=C(c3cc(F)c(F)cc3Cl)OC2=O)cc1. The zero-order chi connectivity index (χ0) is 18.8. The smallest absolute Gasteiger partial charge is 0.363 e. The summed E-state index contributed by atoms with van der Waals surface area (Å²) in [6.45, 7) is 0. The molecule has 0 atom stereocenters. The van der Waals surface area contributed by atoms with Gasteiger partial charge in [-0.3, -0.25) is 0 Å². The van der Waals surface area contributed by atoms with E-state index in [-0.39, 0.29) is 22.2 Å². The largest absolute Gasteiger partial charge is 0.465 e. The molecule has 132 valence electrons. The third kappa shape index (κ3) is 3.48. The summed E-state index contributed by atoms with van der Waals surface area (Å²) in [7, 11) is 1.27. The van der Waals surface area contributed by atoms with E-state index in [2.05, 4.69) is 9.73 Å². The fraction of sp³-hybridized carbons (Fsp3) is 0.0556. The molecule has 0 spiro atoms. The molecule has 0 unspecified atom stereocenters. The molecule has 1 aliphatic heterocycles. The molecular weight excluding hydrogens is 368 g/mol. The molecule has 8 heteroatoms. The number of nitrogens with zero attached hydrogens (tertiary/aromatic N) is 1.